The first-order valence-electron chi connectivity index (χ1n) is 6.05. The monoisotopic (exact) mass is 261 g/mol. The number of rotatable bonds is 4. The average Bonchev–Trinajstić information content (AvgIpc) is 2.35. The van der Waals surface area contributed by atoms with Gasteiger partial charge in [-0.05, 0) is 42.3 Å². The van der Waals surface area contributed by atoms with Crippen LogP contribution >= 0.6 is 0 Å². The molecule has 0 saturated heterocycles. The lowest BCUT2D eigenvalue weighted by atomic mass is 10.1. The average molecular weight is 261 g/mol. The van der Waals surface area contributed by atoms with E-state index in [1.807, 2.05) is 13.0 Å². The van der Waals surface area contributed by atoms with Gasteiger partial charge >= 0.3 is 0 Å². The van der Waals surface area contributed by atoms with Crippen LogP contribution in [0.15, 0.2) is 42.5 Å². The molecule has 19 heavy (non-hydrogen) atoms. The van der Waals surface area contributed by atoms with Gasteiger partial charge in [-0.1, -0.05) is 12.1 Å². The van der Waals surface area contributed by atoms with E-state index < -0.39 is 0 Å². The fourth-order valence-electron chi connectivity index (χ4n) is 1.90. The minimum Gasteiger partial charge on any atom is -0.508 e. The summed E-state index contributed by atoms with van der Waals surface area (Å²) >= 11 is 0. The van der Waals surface area contributed by atoms with E-state index in [0.29, 0.717) is 6.54 Å². The molecule has 1 unspecified atom stereocenters. The SMILES string of the molecule is CC(NCc1cccc(F)c1)c1cc(O)cc(O)c1. The van der Waals surface area contributed by atoms with E-state index in [2.05, 4.69) is 5.32 Å². The van der Waals surface area contributed by atoms with Crippen LogP contribution in [0, 0.1) is 5.82 Å². The Bertz CT molecular complexity index is 552. The quantitative estimate of drug-likeness (QED) is 0.792. The number of hydrogen-bond acceptors (Lipinski definition) is 3. The van der Waals surface area contributed by atoms with Crippen molar-refractivity contribution in [3.63, 3.8) is 0 Å². The van der Waals surface area contributed by atoms with Crippen LogP contribution in [0.3, 0.4) is 0 Å². The van der Waals surface area contributed by atoms with Crippen LogP contribution in [0.1, 0.15) is 24.1 Å². The molecule has 100 valence electrons. The number of benzene rings is 2. The predicted molar refractivity (Wildman–Crippen MR) is 71.4 cm³/mol. The molecular formula is C15H16FNO2. The molecule has 0 aliphatic carbocycles. The lowest BCUT2D eigenvalue weighted by molar-refractivity contribution is 0.446. The largest absolute Gasteiger partial charge is 0.508 e. The van der Waals surface area contributed by atoms with E-state index >= 15 is 0 Å². The molecule has 0 radical (unpaired) electrons. The molecule has 0 fully saturated rings. The van der Waals surface area contributed by atoms with Crippen molar-refractivity contribution in [2.45, 2.75) is 19.5 Å². The van der Waals surface area contributed by atoms with Crippen LogP contribution in [-0.4, -0.2) is 10.2 Å². The van der Waals surface area contributed by atoms with Gasteiger partial charge in [0.15, 0.2) is 0 Å². The Morgan fingerprint density at radius 2 is 1.79 bits per heavy atom. The first-order chi connectivity index (χ1) is 9.04. The molecule has 0 spiro atoms. The van der Waals surface area contributed by atoms with Crippen molar-refractivity contribution in [1.82, 2.24) is 5.32 Å². The van der Waals surface area contributed by atoms with Crippen molar-refractivity contribution >= 4 is 0 Å². The van der Waals surface area contributed by atoms with E-state index in [0.717, 1.165) is 11.1 Å². The minimum absolute atomic E-state index is 0.0226. The molecule has 3 nitrogen and oxygen atoms in total. The van der Waals surface area contributed by atoms with Crippen LogP contribution in [0.25, 0.3) is 0 Å². The number of phenolic OH excluding ortho intramolecular Hbond substituents is 2. The first-order valence-corrected chi connectivity index (χ1v) is 6.05. The molecule has 2 aromatic rings. The third kappa shape index (κ3) is 3.69. The topological polar surface area (TPSA) is 52.5 Å². The fraction of sp³-hybridized carbons (Fsp3) is 0.200. The molecule has 0 aromatic heterocycles. The Morgan fingerprint density at radius 3 is 2.42 bits per heavy atom. The van der Waals surface area contributed by atoms with E-state index in [1.165, 1.54) is 18.2 Å². The van der Waals surface area contributed by atoms with Gasteiger partial charge in [-0.25, -0.2) is 4.39 Å². The highest BCUT2D eigenvalue weighted by atomic mass is 19.1. The lowest BCUT2D eigenvalue weighted by Gasteiger charge is -2.15. The summed E-state index contributed by atoms with van der Waals surface area (Å²) in [5.74, 6) is -0.217. The molecular weight excluding hydrogens is 245 g/mol. The minimum atomic E-state index is -0.262. The van der Waals surface area contributed by atoms with Gasteiger partial charge in [-0.2, -0.15) is 0 Å². The molecule has 4 heteroatoms. The Kier molecular flexibility index (Phi) is 4.02. The van der Waals surface area contributed by atoms with Gasteiger partial charge in [0, 0.05) is 18.7 Å². The highest BCUT2D eigenvalue weighted by Crippen LogP contribution is 2.24. The van der Waals surface area contributed by atoms with Crippen LogP contribution in [-0.2, 0) is 6.54 Å². The smallest absolute Gasteiger partial charge is 0.123 e. The summed E-state index contributed by atoms with van der Waals surface area (Å²) in [7, 11) is 0. The number of halogens is 1. The number of nitrogens with one attached hydrogen (secondary N) is 1. The summed E-state index contributed by atoms with van der Waals surface area (Å²) in [4.78, 5) is 0. The Balaban J connectivity index is 2.03. The molecule has 3 N–H and O–H groups in total. The first kappa shape index (κ1) is 13.4. The third-order valence-corrected chi connectivity index (χ3v) is 2.93. The normalized spacial score (nSPS) is 12.3. The van der Waals surface area contributed by atoms with Crippen molar-refractivity contribution in [2.24, 2.45) is 0 Å². The van der Waals surface area contributed by atoms with Gasteiger partial charge in [0.1, 0.15) is 17.3 Å². The second kappa shape index (κ2) is 5.71. The number of aromatic hydroxyl groups is 2. The summed E-state index contributed by atoms with van der Waals surface area (Å²) in [5.41, 5.74) is 1.62. The zero-order chi connectivity index (χ0) is 13.8. The van der Waals surface area contributed by atoms with Gasteiger partial charge in [-0.3, -0.25) is 0 Å². The third-order valence-electron chi connectivity index (χ3n) is 2.93. The van der Waals surface area contributed by atoms with Gasteiger partial charge in [-0.15, -0.1) is 0 Å². The lowest BCUT2D eigenvalue weighted by Crippen LogP contribution is -2.18. The van der Waals surface area contributed by atoms with E-state index in [1.54, 1.807) is 18.2 Å². The molecule has 0 amide bonds. The standard InChI is InChI=1S/C15H16FNO2/c1-10(12-6-14(18)8-15(19)7-12)17-9-11-3-2-4-13(16)5-11/h2-8,10,17-19H,9H2,1H3. The van der Waals surface area contributed by atoms with Crippen LogP contribution < -0.4 is 5.32 Å². The van der Waals surface area contributed by atoms with Crippen molar-refractivity contribution in [3.05, 3.63) is 59.4 Å². The van der Waals surface area contributed by atoms with Crippen LogP contribution in [0.5, 0.6) is 11.5 Å². The maximum absolute atomic E-state index is 13.0. The second-order valence-electron chi connectivity index (χ2n) is 4.52. The van der Waals surface area contributed by atoms with Crippen molar-refractivity contribution in [1.29, 1.82) is 0 Å². The maximum Gasteiger partial charge on any atom is 0.123 e. The summed E-state index contributed by atoms with van der Waals surface area (Å²) in [6.45, 7) is 2.42. The van der Waals surface area contributed by atoms with Crippen molar-refractivity contribution in [3.8, 4) is 11.5 Å². The van der Waals surface area contributed by atoms with Crippen molar-refractivity contribution < 1.29 is 14.6 Å². The number of hydrogen-bond donors (Lipinski definition) is 3. The summed E-state index contributed by atoms with van der Waals surface area (Å²) in [6, 6.07) is 10.8. The Labute approximate surface area is 111 Å². The molecule has 1 atom stereocenters. The molecule has 0 aliphatic heterocycles. The summed E-state index contributed by atoms with van der Waals surface area (Å²) < 4.78 is 13.0. The second-order valence-corrected chi connectivity index (χ2v) is 4.52. The zero-order valence-corrected chi connectivity index (χ0v) is 10.6. The van der Waals surface area contributed by atoms with Crippen LogP contribution in [0.2, 0.25) is 0 Å². The molecule has 0 aliphatic rings. The van der Waals surface area contributed by atoms with E-state index in [9.17, 15) is 14.6 Å². The van der Waals surface area contributed by atoms with Crippen LogP contribution in [0.4, 0.5) is 4.39 Å². The van der Waals surface area contributed by atoms with Gasteiger partial charge in [0.25, 0.3) is 0 Å². The van der Waals surface area contributed by atoms with E-state index in [-0.39, 0.29) is 23.4 Å². The fourth-order valence-corrected chi connectivity index (χ4v) is 1.90. The molecule has 0 heterocycles. The van der Waals surface area contributed by atoms with Crippen molar-refractivity contribution in [2.75, 3.05) is 0 Å². The zero-order valence-electron chi connectivity index (χ0n) is 10.6. The Hall–Kier alpha value is -2.07. The van der Waals surface area contributed by atoms with Gasteiger partial charge < -0.3 is 15.5 Å². The molecule has 0 bridgehead atoms. The molecule has 2 rings (SSSR count). The highest BCUT2D eigenvalue weighted by Gasteiger charge is 2.08. The Morgan fingerprint density at radius 1 is 1.11 bits per heavy atom. The maximum atomic E-state index is 13.0. The molecule has 2 aromatic carbocycles. The van der Waals surface area contributed by atoms with Gasteiger partial charge in [0.05, 0.1) is 0 Å². The van der Waals surface area contributed by atoms with Gasteiger partial charge in [0.2, 0.25) is 0 Å². The summed E-state index contributed by atoms with van der Waals surface area (Å²) in [5, 5.41) is 22.1. The molecule has 0 saturated carbocycles. The highest BCUT2D eigenvalue weighted by molar-refractivity contribution is 5.38. The predicted octanol–water partition coefficient (Wildman–Crippen LogP) is 3.09. The van der Waals surface area contributed by atoms with E-state index in [4.69, 9.17) is 0 Å². The summed E-state index contributed by atoms with van der Waals surface area (Å²) in [6.07, 6.45) is 0. The number of phenols is 2.